The first kappa shape index (κ1) is 13.2. The Balaban J connectivity index is 2.23. The summed E-state index contributed by atoms with van der Waals surface area (Å²) < 4.78 is 0. The van der Waals surface area contributed by atoms with Crippen LogP contribution in [-0.4, -0.2) is 26.0 Å². The van der Waals surface area contributed by atoms with E-state index in [0.29, 0.717) is 17.2 Å². The van der Waals surface area contributed by atoms with E-state index < -0.39 is 5.97 Å². The van der Waals surface area contributed by atoms with Gasteiger partial charge in [0, 0.05) is 11.1 Å². The molecule has 0 unspecified atom stereocenters. The van der Waals surface area contributed by atoms with Crippen LogP contribution in [0.1, 0.15) is 21.7 Å². The summed E-state index contributed by atoms with van der Waals surface area (Å²) in [6.07, 6.45) is 0. The van der Waals surface area contributed by atoms with E-state index in [1.165, 1.54) is 6.07 Å². The highest BCUT2D eigenvalue weighted by atomic mass is 16.4. The Hall–Kier alpha value is -2.82. The van der Waals surface area contributed by atoms with Crippen molar-refractivity contribution in [3.8, 4) is 11.5 Å². The molecule has 0 spiro atoms. The molecule has 0 saturated heterocycles. The van der Waals surface area contributed by atoms with E-state index in [2.05, 4.69) is 15.0 Å². The minimum Gasteiger partial charge on any atom is -0.477 e. The fraction of sp³-hybridized carbons (Fsp3) is 0.125. The molecule has 1 aromatic carbocycles. The Bertz CT molecular complexity index is 859. The van der Waals surface area contributed by atoms with Gasteiger partial charge in [-0.15, -0.1) is 0 Å². The molecule has 0 saturated carbocycles. The SMILES string of the molecule is Cc1cc(C(=O)O)nc(-c2cc(C)c3ccccc3n2)n1. The predicted molar refractivity (Wildman–Crippen MR) is 79.2 cm³/mol. The Kier molecular flexibility index (Phi) is 3.10. The third-order valence-corrected chi connectivity index (χ3v) is 3.23. The lowest BCUT2D eigenvalue weighted by molar-refractivity contribution is 0.0690. The van der Waals surface area contributed by atoms with Gasteiger partial charge in [0.1, 0.15) is 5.69 Å². The summed E-state index contributed by atoms with van der Waals surface area (Å²) in [4.78, 5) is 24.0. The van der Waals surface area contributed by atoms with Crippen LogP contribution in [0, 0.1) is 13.8 Å². The Morgan fingerprint density at radius 3 is 2.57 bits per heavy atom. The second kappa shape index (κ2) is 4.94. The van der Waals surface area contributed by atoms with Crippen LogP contribution in [0.5, 0.6) is 0 Å². The van der Waals surface area contributed by atoms with Crippen LogP contribution in [-0.2, 0) is 0 Å². The number of carboxylic acid groups (broad SMARTS) is 1. The summed E-state index contributed by atoms with van der Waals surface area (Å²) in [5.74, 6) is -0.736. The quantitative estimate of drug-likeness (QED) is 0.780. The molecule has 5 nitrogen and oxygen atoms in total. The zero-order valence-corrected chi connectivity index (χ0v) is 11.7. The maximum absolute atomic E-state index is 11.1. The van der Waals surface area contributed by atoms with Crippen molar-refractivity contribution in [1.29, 1.82) is 0 Å². The second-order valence-corrected chi connectivity index (χ2v) is 4.86. The van der Waals surface area contributed by atoms with E-state index in [9.17, 15) is 4.79 Å². The summed E-state index contributed by atoms with van der Waals surface area (Å²) in [6.45, 7) is 3.73. The lowest BCUT2D eigenvalue weighted by atomic mass is 10.1. The monoisotopic (exact) mass is 279 g/mol. The van der Waals surface area contributed by atoms with Gasteiger partial charge in [-0.2, -0.15) is 0 Å². The first-order valence-electron chi connectivity index (χ1n) is 6.50. The molecule has 3 aromatic rings. The number of carboxylic acids is 1. The molecule has 3 rings (SSSR count). The molecule has 0 amide bonds. The van der Waals surface area contributed by atoms with Crippen LogP contribution >= 0.6 is 0 Å². The highest BCUT2D eigenvalue weighted by Gasteiger charge is 2.12. The maximum atomic E-state index is 11.1. The van der Waals surface area contributed by atoms with Crippen molar-refractivity contribution in [2.24, 2.45) is 0 Å². The van der Waals surface area contributed by atoms with Crippen molar-refractivity contribution in [3.05, 3.63) is 53.3 Å². The summed E-state index contributed by atoms with van der Waals surface area (Å²) in [5, 5.41) is 10.2. The van der Waals surface area contributed by atoms with Crippen molar-refractivity contribution >= 4 is 16.9 Å². The topological polar surface area (TPSA) is 76.0 Å². The van der Waals surface area contributed by atoms with Crippen molar-refractivity contribution in [2.75, 3.05) is 0 Å². The fourth-order valence-electron chi connectivity index (χ4n) is 2.26. The summed E-state index contributed by atoms with van der Waals surface area (Å²) in [7, 11) is 0. The number of aromatic carboxylic acids is 1. The van der Waals surface area contributed by atoms with Crippen molar-refractivity contribution in [3.63, 3.8) is 0 Å². The fourth-order valence-corrected chi connectivity index (χ4v) is 2.26. The molecule has 5 heteroatoms. The van der Waals surface area contributed by atoms with E-state index in [1.54, 1.807) is 6.92 Å². The number of aryl methyl sites for hydroxylation is 2. The van der Waals surface area contributed by atoms with Gasteiger partial charge >= 0.3 is 5.97 Å². The minimum absolute atomic E-state index is 0.0230. The molecular formula is C16H13N3O2. The Labute approximate surface area is 121 Å². The average Bonchev–Trinajstić information content (AvgIpc) is 2.46. The van der Waals surface area contributed by atoms with Crippen LogP contribution in [0.25, 0.3) is 22.4 Å². The van der Waals surface area contributed by atoms with Gasteiger partial charge < -0.3 is 5.11 Å². The highest BCUT2D eigenvalue weighted by Crippen LogP contribution is 2.22. The molecule has 0 radical (unpaired) electrons. The average molecular weight is 279 g/mol. The van der Waals surface area contributed by atoms with Gasteiger partial charge in [0.15, 0.2) is 11.5 Å². The Morgan fingerprint density at radius 2 is 1.81 bits per heavy atom. The number of pyridine rings is 1. The van der Waals surface area contributed by atoms with Gasteiger partial charge in [-0.3, -0.25) is 0 Å². The van der Waals surface area contributed by atoms with Crippen LogP contribution in [0.4, 0.5) is 0 Å². The molecule has 0 bridgehead atoms. The molecule has 2 aromatic heterocycles. The van der Waals surface area contributed by atoms with Crippen molar-refractivity contribution in [1.82, 2.24) is 15.0 Å². The summed E-state index contributed by atoms with van der Waals surface area (Å²) in [6, 6.07) is 11.1. The predicted octanol–water partition coefficient (Wildman–Crippen LogP) is 3.01. The standard InChI is InChI=1S/C16H13N3O2/c1-9-7-13(18-12-6-4-3-5-11(9)12)15-17-10(2)8-14(19-15)16(20)21/h3-8H,1-2H3,(H,20,21). The number of rotatable bonds is 2. The number of hydrogen-bond acceptors (Lipinski definition) is 4. The zero-order valence-electron chi connectivity index (χ0n) is 11.7. The van der Waals surface area contributed by atoms with Gasteiger partial charge in [-0.05, 0) is 37.6 Å². The Morgan fingerprint density at radius 1 is 1.05 bits per heavy atom. The molecule has 0 aliphatic carbocycles. The van der Waals surface area contributed by atoms with Crippen molar-refractivity contribution in [2.45, 2.75) is 13.8 Å². The van der Waals surface area contributed by atoms with Crippen LogP contribution in [0.3, 0.4) is 0 Å². The van der Waals surface area contributed by atoms with E-state index in [0.717, 1.165) is 16.5 Å². The second-order valence-electron chi connectivity index (χ2n) is 4.86. The molecule has 0 aliphatic rings. The lowest BCUT2D eigenvalue weighted by Gasteiger charge is -2.07. The van der Waals surface area contributed by atoms with E-state index in [-0.39, 0.29) is 5.69 Å². The van der Waals surface area contributed by atoms with Gasteiger partial charge in [-0.25, -0.2) is 19.7 Å². The molecule has 0 aliphatic heterocycles. The highest BCUT2D eigenvalue weighted by molar-refractivity contribution is 5.87. The number of para-hydroxylation sites is 1. The number of aromatic nitrogens is 3. The normalized spacial score (nSPS) is 10.8. The van der Waals surface area contributed by atoms with Gasteiger partial charge in [0.2, 0.25) is 0 Å². The van der Waals surface area contributed by atoms with Crippen LogP contribution < -0.4 is 0 Å². The molecule has 2 heterocycles. The van der Waals surface area contributed by atoms with Crippen LogP contribution in [0.2, 0.25) is 0 Å². The number of benzene rings is 1. The largest absolute Gasteiger partial charge is 0.477 e. The molecular weight excluding hydrogens is 266 g/mol. The first-order valence-corrected chi connectivity index (χ1v) is 6.50. The lowest BCUT2D eigenvalue weighted by Crippen LogP contribution is -2.05. The van der Waals surface area contributed by atoms with Gasteiger partial charge in [0.25, 0.3) is 0 Å². The van der Waals surface area contributed by atoms with E-state index in [1.807, 2.05) is 37.3 Å². The zero-order chi connectivity index (χ0) is 15.0. The molecule has 0 fully saturated rings. The summed E-state index contributed by atoms with van der Waals surface area (Å²) >= 11 is 0. The molecule has 104 valence electrons. The molecule has 21 heavy (non-hydrogen) atoms. The van der Waals surface area contributed by atoms with Gasteiger partial charge in [0.05, 0.1) is 5.52 Å². The first-order chi connectivity index (χ1) is 10.0. The van der Waals surface area contributed by atoms with Crippen LogP contribution in [0.15, 0.2) is 36.4 Å². The summed E-state index contributed by atoms with van der Waals surface area (Å²) in [5.41, 5.74) is 3.06. The minimum atomic E-state index is -1.07. The maximum Gasteiger partial charge on any atom is 0.354 e. The third kappa shape index (κ3) is 2.45. The molecule has 0 atom stereocenters. The number of nitrogens with zero attached hydrogens (tertiary/aromatic N) is 3. The van der Waals surface area contributed by atoms with E-state index >= 15 is 0 Å². The number of hydrogen-bond donors (Lipinski definition) is 1. The smallest absolute Gasteiger partial charge is 0.354 e. The van der Waals surface area contributed by atoms with Crippen molar-refractivity contribution < 1.29 is 9.90 Å². The molecule has 1 N–H and O–H groups in total. The number of fused-ring (bicyclic) bond motifs is 1. The third-order valence-electron chi connectivity index (χ3n) is 3.23. The number of carbonyl (C=O) groups is 1. The van der Waals surface area contributed by atoms with E-state index in [4.69, 9.17) is 5.11 Å². The van der Waals surface area contributed by atoms with Gasteiger partial charge in [-0.1, -0.05) is 18.2 Å².